The molecule has 0 atom stereocenters. The Morgan fingerprint density at radius 3 is 2.67 bits per heavy atom. The molecule has 1 saturated heterocycles. The molecule has 0 spiro atoms. The minimum absolute atomic E-state index is 0.122. The van der Waals surface area contributed by atoms with E-state index in [-0.39, 0.29) is 12.2 Å². The fourth-order valence-corrected chi connectivity index (χ4v) is 3.24. The lowest BCUT2D eigenvalue weighted by molar-refractivity contribution is -0.139. The average Bonchev–Trinajstić information content (AvgIpc) is 3.07. The van der Waals surface area contributed by atoms with Gasteiger partial charge in [-0.2, -0.15) is 0 Å². The third-order valence-electron chi connectivity index (χ3n) is 4.66. The molecule has 128 valence electrons. The van der Waals surface area contributed by atoms with Crippen molar-refractivity contribution < 1.29 is 19.1 Å². The third-order valence-corrected chi connectivity index (χ3v) is 4.66. The smallest absolute Gasteiger partial charge is 0.340 e. The summed E-state index contributed by atoms with van der Waals surface area (Å²) >= 11 is 0. The second-order valence-corrected chi connectivity index (χ2v) is 6.17. The van der Waals surface area contributed by atoms with Crippen LogP contribution in [0.3, 0.4) is 0 Å². The van der Waals surface area contributed by atoms with Crippen molar-refractivity contribution >= 4 is 16.9 Å². The number of nitrogens with zero attached hydrogens (tertiary/aromatic N) is 1. The Kier molecular flexibility index (Phi) is 4.57. The van der Waals surface area contributed by atoms with Crippen molar-refractivity contribution in [2.24, 2.45) is 0 Å². The van der Waals surface area contributed by atoms with Crippen LogP contribution in [0.25, 0.3) is 11.0 Å². The van der Waals surface area contributed by atoms with Crippen LogP contribution < -0.4 is 5.63 Å². The van der Waals surface area contributed by atoms with Crippen molar-refractivity contribution in [2.75, 3.05) is 20.2 Å². The van der Waals surface area contributed by atoms with Crippen LogP contribution in [0.2, 0.25) is 0 Å². The lowest BCUT2D eigenvalue weighted by Gasteiger charge is -2.17. The molecule has 0 aliphatic carbocycles. The van der Waals surface area contributed by atoms with Gasteiger partial charge in [-0.3, -0.25) is 9.69 Å². The number of phenols is 1. The molecule has 3 rings (SSSR count). The van der Waals surface area contributed by atoms with Crippen molar-refractivity contribution in [1.82, 2.24) is 4.90 Å². The first-order valence-corrected chi connectivity index (χ1v) is 8.07. The van der Waals surface area contributed by atoms with E-state index in [0.29, 0.717) is 28.8 Å². The van der Waals surface area contributed by atoms with Gasteiger partial charge in [0.1, 0.15) is 11.3 Å². The van der Waals surface area contributed by atoms with Crippen molar-refractivity contribution in [3.63, 3.8) is 0 Å². The molecule has 6 nitrogen and oxygen atoms in total. The zero-order valence-electron chi connectivity index (χ0n) is 13.9. The van der Waals surface area contributed by atoms with Gasteiger partial charge in [-0.05, 0) is 50.6 Å². The van der Waals surface area contributed by atoms with Gasteiger partial charge in [-0.25, -0.2) is 4.79 Å². The summed E-state index contributed by atoms with van der Waals surface area (Å²) in [6, 6.07) is 3.33. The standard InChI is InChI=1S/C18H21NO5/c1-11-12-5-6-15(20)14(10-19-7-3-4-8-19)17(12)24-18(22)13(11)9-16(21)23-2/h5-6,20H,3-4,7-10H2,1-2H3. The lowest BCUT2D eigenvalue weighted by atomic mass is 10.0. The molecule has 0 bridgehead atoms. The molecule has 0 unspecified atom stereocenters. The molecule has 6 heteroatoms. The monoisotopic (exact) mass is 331 g/mol. The number of rotatable bonds is 4. The van der Waals surface area contributed by atoms with E-state index in [0.717, 1.165) is 31.3 Å². The van der Waals surface area contributed by atoms with Crippen molar-refractivity contribution in [2.45, 2.75) is 32.7 Å². The molecule has 1 aliphatic heterocycles. The summed E-state index contributed by atoms with van der Waals surface area (Å²) in [6.45, 7) is 4.27. The first-order chi connectivity index (χ1) is 11.5. The minimum atomic E-state index is -0.557. The number of esters is 1. The zero-order chi connectivity index (χ0) is 17.3. The maximum atomic E-state index is 12.3. The van der Waals surface area contributed by atoms with Crippen LogP contribution in [0, 0.1) is 6.92 Å². The molecule has 2 aromatic rings. The predicted octanol–water partition coefficient (Wildman–Crippen LogP) is 2.12. The van der Waals surface area contributed by atoms with E-state index in [1.807, 2.05) is 0 Å². The molecule has 24 heavy (non-hydrogen) atoms. The van der Waals surface area contributed by atoms with Gasteiger partial charge in [0, 0.05) is 11.9 Å². The molecule has 1 fully saturated rings. The van der Waals surface area contributed by atoms with Crippen LogP contribution in [-0.2, 0) is 22.5 Å². The summed E-state index contributed by atoms with van der Waals surface area (Å²) in [4.78, 5) is 26.1. The number of fused-ring (bicyclic) bond motifs is 1. The predicted molar refractivity (Wildman–Crippen MR) is 89.1 cm³/mol. The van der Waals surface area contributed by atoms with Gasteiger partial charge < -0.3 is 14.3 Å². The molecule has 1 N–H and O–H groups in total. The number of methoxy groups -OCH3 is 1. The molecule has 0 radical (unpaired) electrons. The molecule has 0 amide bonds. The van der Waals surface area contributed by atoms with Crippen molar-refractivity contribution in [1.29, 1.82) is 0 Å². The van der Waals surface area contributed by atoms with E-state index >= 15 is 0 Å². The number of hydrogen-bond donors (Lipinski definition) is 1. The van der Waals surface area contributed by atoms with Crippen LogP contribution in [0.1, 0.15) is 29.5 Å². The Hall–Kier alpha value is -2.34. The molecular formula is C18H21NO5. The number of likely N-dealkylation sites (tertiary alicyclic amines) is 1. The molecule has 1 aliphatic rings. The number of ether oxygens (including phenoxy) is 1. The number of phenolic OH excluding ortho intramolecular Hbond substituents is 1. The first-order valence-electron chi connectivity index (χ1n) is 8.07. The van der Waals surface area contributed by atoms with Gasteiger partial charge >= 0.3 is 11.6 Å². The fourth-order valence-electron chi connectivity index (χ4n) is 3.24. The second kappa shape index (κ2) is 6.65. The van der Waals surface area contributed by atoms with Crippen LogP contribution in [0.5, 0.6) is 5.75 Å². The molecule has 1 aromatic heterocycles. The van der Waals surface area contributed by atoms with Gasteiger partial charge in [-0.1, -0.05) is 0 Å². The Morgan fingerprint density at radius 1 is 1.29 bits per heavy atom. The largest absolute Gasteiger partial charge is 0.507 e. The SMILES string of the molecule is COC(=O)Cc1c(C)c2ccc(O)c(CN3CCCC3)c2oc1=O. The van der Waals surface area contributed by atoms with Crippen molar-refractivity contribution in [3.8, 4) is 5.75 Å². The molecule has 0 saturated carbocycles. The van der Waals surface area contributed by atoms with Crippen LogP contribution in [-0.4, -0.2) is 36.2 Å². The molecule has 1 aromatic carbocycles. The Balaban J connectivity index is 2.11. The number of aromatic hydroxyl groups is 1. The van der Waals surface area contributed by atoms with Crippen LogP contribution in [0.15, 0.2) is 21.3 Å². The molecular weight excluding hydrogens is 310 g/mol. The zero-order valence-corrected chi connectivity index (χ0v) is 13.9. The highest BCUT2D eigenvalue weighted by Gasteiger charge is 2.21. The average molecular weight is 331 g/mol. The van der Waals surface area contributed by atoms with E-state index < -0.39 is 11.6 Å². The van der Waals surface area contributed by atoms with Gasteiger partial charge in [0.2, 0.25) is 0 Å². The van der Waals surface area contributed by atoms with E-state index in [1.165, 1.54) is 7.11 Å². The number of carbonyl (C=O) groups excluding carboxylic acids is 1. The normalized spacial score (nSPS) is 15.1. The maximum absolute atomic E-state index is 12.3. The van der Waals surface area contributed by atoms with Crippen molar-refractivity contribution in [3.05, 3.63) is 39.2 Å². The number of carbonyl (C=O) groups is 1. The summed E-state index contributed by atoms with van der Waals surface area (Å²) in [5, 5.41) is 11.0. The van der Waals surface area contributed by atoms with E-state index in [4.69, 9.17) is 4.42 Å². The summed E-state index contributed by atoms with van der Waals surface area (Å²) in [7, 11) is 1.28. The quantitative estimate of drug-likeness (QED) is 0.683. The first kappa shape index (κ1) is 16.5. The van der Waals surface area contributed by atoms with Gasteiger partial charge in [0.15, 0.2) is 0 Å². The maximum Gasteiger partial charge on any atom is 0.340 e. The highest BCUT2D eigenvalue weighted by Crippen LogP contribution is 2.31. The van der Waals surface area contributed by atoms with Crippen LogP contribution >= 0.6 is 0 Å². The minimum Gasteiger partial charge on any atom is -0.507 e. The Labute approximate surface area is 139 Å². The lowest BCUT2D eigenvalue weighted by Crippen LogP contribution is -2.20. The van der Waals surface area contributed by atoms with E-state index in [1.54, 1.807) is 19.1 Å². The molecule has 2 heterocycles. The number of benzene rings is 1. The van der Waals surface area contributed by atoms with E-state index in [2.05, 4.69) is 9.64 Å². The summed E-state index contributed by atoms with van der Waals surface area (Å²) in [5.74, 6) is -0.363. The Morgan fingerprint density at radius 2 is 2.00 bits per heavy atom. The summed E-state index contributed by atoms with van der Waals surface area (Å²) in [5.41, 5.74) is 1.46. The topological polar surface area (TPSA) is 80.0 Å². The second-order valence-electron chi connectivity index (χ2n) is 6.17. The third kappa shape index (κ3) is 3.01. The highest BCUT2D eigenvalue weighted by molar-refractivity contribution is 5.87. The fraction of sp³-hybridized carbons (Fsp3) is 0.444. The Bertz CT molecular complexity index is 833. The van der Waals surface area contributed by atoms with Crippen LogP contribution in [0.4, 0.5) is 0 Å². The van der Waals surface area contributed by atoms with Gasteiger partial charge in [0.25, 0.3) is 0 Å². The summed E-state index contributed by atoms with van der Waals surface area (Å²) in [6.07, 6.45) is 2.15. The number of hydrogen-bond acceptors (Lipinski definition) is 6. The summed E-state index contributed by atoms with van der Waals surface area (Å²) < 4.78 is 10.1. The number of aryl methyl sites for hydroxylation is 1. The van der Waals surface area contributed by atoms with Gasteiger partial charge in [0.05, 0.1) is 24.7 Å². The highest BCUT2D eigenvalue weighted by atomic mass is 16.5. The van der Waals surface area contributed by atoms with E-state index in [9.17, 15) is 14.7 Å². The van der Waals surface area contributed by atoms with Gasteiger partial charge in [-0.15, -0.1) is 0 Å².